The molecule has 0 aromatic heterocycles. The maximum atomic E-state index is 12.1. The number of rotatable bonds is 4. The molecule has 0 radical (unpaired) electrons. The number of carbonyl (C=O) groups is 1. The third-order valence-electron chi connectivity index (χ3n) is 3.11. The number of para-hydroxylation sites is 1. The summed E-state index contributed by atoms with van der Waals surface area (Å²) in [6.45, 7) is 0. The van der Waals surface area contributed by atoms with E-state index in [-0.39, 0.29) is 5.91 Å². The van der Waals surface area contributed by atoms with E-state index in [9.17, 15) is 4.79 Å². The molecular formula is C19H15NO2. The molecule has 0 aliphatic rings. The molecule has 3 aromatic rings. The van der Waals surface area contributed by atoms with Crippen LogP contribution in [0.5, 0.6) is 11.5 Å². The molecule has 0 saturated carbocycles. The Bertz CT molecular complexity index is 755. The molecule has 1 amide bonds. The van der Waals surface area contributed by atoms with Gasteiger partial charge in [-0.1, -0.05) is 42.5 Å². The summed E-state index contributed by atoms with van der Waals surface area (Å²) in [5.74, 6) is 1.29. The third-order valence-corrected chi connectivity index (χ3v) is 3.11. The normalized spacial score (nSPS) is 10.0. The van der Waals surface area contributed by atoms with Crippen LogP contribution < -0.4 is 10.1 Å². The average molecular weight is 289 g/mol. The Hall–Kier alpha value is -3.07. The van der Waals surface area contributed by atoms with Crippen molar-refractivity contribution in [1.82, 2.24) is 0 Å². The molecule has 0 bridgehead atoms. The van der Waals surface area contributed by atoms with Crippen molar-refractivity contribution >= 4 is 11.6 Å². The number of amides is 1. The summed E-state index contributed by atoms with van der Waals surface area (Å²) in [4.78, 5) is 12.1. The second kappa shape index (κ2) is 6.59. The van der Waals surface area contributed by atoms with Crippen LogP contribution in [0.25, 0.3) is 0 Å². The molecule has 3 aromatic carbocycles. The molecule has 0 aliphatic heterocycles. The van der Waals surface area contributed by atoms with Gasteiger partial charge in [-0.05, 0) is 36.4 Å². The predicted octanol–water partition coefficient (Wildman–Crippen LogP) is 4.73. The van der Waals surface area contributed by atoms with Gasteiger partial charge in [-0.3, -0.25) is 4.79 Å². The van der Waals surface area contributed by atoms with Gasteiger partial charge in [0.05, 0.1) is 0 Å². The first-order chi connectivity index (χ1) is 10.8. The van der Waals surface area contributed by atoms with E-state index < -0.39 is 0 Å². The number of ether oxygens (including phenoxy) is 1. The molecule has 0 spiro atoms. The summed E-state index contributed by atoms with van der Waals surface area (Å²) in [6, 6.07) is 26.0. The molecule has 1 N–H and O–H groups in total. The molecule has 0 aliphatic carbocycles. The summed E-state index contributed by atoms with van der Waals surface area (Å²) in [7, 11) is 0. The Kier molecular flexibility index (Phi) is 4.16. The molecule has 3 rings (SSSR count). The predicted molar refractivity (Wildman–Crippen MR) is 87.4 cm³/mol. The molecule has 0 fully saturated rings. The Balaban J connectivity index is 1.73. The van der Waals surface area contributed by atoms with Crippen LogP contribution in [0, 0.1) is 0 Å². The third kappa shape index (κ3) is 3.52. The number of anilines is 1. The highest BCUT2D eigenvalue weighted by Gasteiger charge is 2.06. The van der Waals surface area contributed by atoms with Crippen molar-refractivity contribution in [2.45, 2.75) is 0 Å². The lowest BCUT2D eigenvalue weighted by atomic mass is 10.2. The van der Waals surface area contributed by atoms with Crippen LogP contribution in [0.1, 0.15) is 10.4 Å². The standard InChI is InChI=1S/C19H15NO2/c21-19(15-8-3-1-4-9-15)20-16-10-7-13-18(14-16)22-17-11-5-2-6-12-17/h1-14H,(H,20,21). The number of carbonyl (C=O) groups excluding carboxylic acids is 1. The van der Waals surface area contributed by atoms with Gasteiger partial charge in [0.15, 0.2) is 0 Å². The van der Waals surface area contributed by atoms with Crippen LogP contribution in [0.2, 0.25) is 0 Å². The Morgan fingerprint density at radius 1 is 0.727 bits per heavy atom. The van der Waals surface area contributed by atoms with Crippen molar-refractivity contribution in [2.24, 2.45) is 0 Å². The van der Waals surface area contributed by atoms with Crippen molar-refractivity contribution in [3.05, 3.63) is 90.5 Å². The minimum absolute atomic E-state index is 0.141. The fourth-order valence-electron chi connectivity index (χ4n) is 2.05. The fourth-order valence-corrected chi connectivity index (χ4v) is 2.05. The van der Waals surface area contributed by atoms with E-state index in [1.54, 1.807) is 18.2 Å². The Morgan fingerprint density at radius 2 is 1.36 bits per heavy atom. The van der Waals surface area contributed by atoms with E-state index in [0.29, 0.717) is 17.0 Å². The summed E-state index contributed by atoms with van der Waals surface area (Å²) >= 11 is 0. The van der Waals surface area contributed by atoms with Gasteiger partial charge >= 0.3 is 0 Å². The smallest absolute Gasteiger partial charge is 0.255 e. The zero-order valence-electron chi connectivity index (χ0n) is 11.9. The highest BCUT2D eigenvalue weighted by Crippen LogP contribution is 2.24. The summed E-state index contributed by atoms with van der Waals surface area (Å²) in [6.07, 6.45) is 0. The number of benzene rings is 3. The first-order valence-corrected chi connectivity index (χ1v) is 7.01. The molecule has 3 heteroatoms. The largest absolute Gasteiger partial charge is 0.457 e. The molecule has 0 heterocycles. The molecule has 22 heavy (non-hydrogen) atoms. The SMILES string of the molecule is O=C(Nc1cccc(Oc2ccccc2)c1)c1ccccc1. The molecule has 3 nitrogen and oxygen atoms in total. The van der Waals surface area contributed by atoms with Crippen LogP contribution in [-0.2, 0) is 0 Å². The summed E-state index contributed by atoms with van der Waals surface area (Å²) in [5, 5.41) is 2.87. The van der Waals surface area contributed by atoms with Crippen LogP contribution in [0.3, 0.4) is 0 Å². The first-order valence-electron chi connectivity index (χ1n) is 7.01. The van der Waals surface area contributed by atoms with Gasteiger partial charge in [0.25, 0.3) is 5.91 Å². The molecule has 0 saturated heterocycles. The van der Waals surface area contributed by atoms with E-state index >= 15 is 0 Å². The minimum atomic E-state index is -0.141. The zero-order valence-corrected chi connectivity index (χ0v) is 11.9. The number of hydrogen-bond donors (Lipinski definition) is 1. The van der Waals surface area contributed by atoms with E-state index in [0.717, 1.165) is 5.75 Å². The van der Waals surface area contributed by atoms with E-state index in [4.69, 9.17) is 4.74 Å². The summed E-state index contributed by atoms with van der Waals surface area (Å²) < 4.78 is 5.75. The van der Waals surface area contributed by atoms with Gasteiger partial charge < -0.3 is 10.1 Å². The van der Waals surface area contributed by atoms with Crippen molar-refractivity contribution in [3.8, 4) is 11.5 Å². The van der Waals surface area contributed by atoms with Gasteiger partial charge in [0.1, 0.15) is 11.5 Å². The van der Waals surface area contributed by atoms with E-state index in [2.05, 4.69) is 5.32 Å². The van der Waals surface area contributed by atoms with Crippen molar-refractivity contribution in [3.63, 3.8) is 0 Å². The van der Waals surface area contributed by atoms with Crippen molar-refractivity contribution in [2.75, 3.05) is 5.32 Å². The van der Waals surface area contributed by atoms with Crippen LogP contribution in [0.15, 0.2) is 84.9 Å². The van der Waals surface area contributed by atoms with Gasteiger partial charge in [0.2, 0.25) is 0 Å². The Morgan fingerprint density at radius 3 is 2.09 bits per heavy atom. The lowest BCUT2D eigenvalue weighted by Crippen LogP contribution is -2.11. The first kappa shape index (κ1) is 13.9. The number of nitrogens with one attached hydrogen (secondary N) is 1. The van der Waals surface area contributed by atoms with Gasteiger partial charge in [-0.2, -0.15) is 0 Å². The zero-order chi connectivity index (χ0) is 15.2. The topological polar surface area (TPSA) is 38.3 Å². The average Bonchev–Trinajstić information content (AvgIpc) is 2.57. The maximum Gasteiger partial charge on any atom is 0.255 e. The molecular weight excluding hydrogens is 274 g/mol. The van der Waals surface area contributed by atoms with Gasteiger partial charge in [-0.15, -0.1) is 0 Å². The van der Waals surface area contributed by atoms with Crippen LogP contribution in [0.4, 0.5) is 5.69 Å². The van der Waals surface area contributed by atoms with E-state index in [1.165, 1.54) is 0 Å². The van der Waals surface area contributed by atoms with Crippen LogP contribution in [-0.4, -0.2) is 5.91 Å². The highest BCUT2D eigenvalue weighted by atomic mass is 16.5. The molecule has 0 unspecified atom stereocenters. The lowest BCUT2D eigenvalue weighted by molar-refractivity contribution is 0.102. The Labute approximate surface area is 129 Å². The van der Waals surface area contributed by atoms with E-state index in [1.807, 2.05) is 66.7 Å². The lowest BCUT2D eigenvalue weighted by Gasteiger charge is -2.09. The van der Waals surface area contributed by atoms with Crippen molar-refractivity contribution < 1.29 is 9.53 Å². The fraction of sp³-hybridized carbons (Fsp3) is 0. The molecule has 108 valence electrons. The second-order valence-corrected chi connectivity index (χ2v) is 4.76. The maximum absolute atomic E-state index is 12.1. The summed E-state index contributed by atoms with van der Waals surface area (Å²) in [5.41, 5.74) is 1.32. The van der Waals surface area contributed by atoms with Crippen LogP contribution >= 0.6 is 0 Å². The quantitative estimate of drug-likeness (QED) is 0.754. The van der Waals surface area contributed by atoms with Gasteiger partial charge in [-0.25, -0.2) is 0 Å². The van der Waals surface area contributed by atoms with Gasteiger partial charge in [0, 0.05) is 17.3 Å². The second-order valence-electron chi connectivity index (χ2n) is 4.76. The minimum Gasteiger partial charge on any atom is -0.457 e. The monoisotopic (exact) mass is 289 g/mol. The molecule has 0 atom stereocenters. The highest BCUT2D eigenvalue weighted by molar-refractivity contribution is 6.04. The number of hydrogen-bond acceptors (Lipinski definition) is 2. The van der Waals surface area contributed by atoms with Crippen molar-refractivity contribution in [1.29, 1.82) is 0 Å².